The molecule has 18 heavy (non-hydrogen) atoms. The maximum absolute atomic E-state index is 11.1. The van der Waals surface area contributed by atoms with Gasteiger partial charge in [0.15, 0.2) is 0 Å². The molecule has 1 unspecified atom stereocenters. The molecule has 0 spiro atoms. The van der Waals surface area contributed by atoms with E-state index in [4.69, 9.17) is 10.8 Å². The zero-order valence-corrected chi connectivity index (χ0v) is 12.0. The Morgan fingerprint density at radius 3 is 2.06 bits per heavy atom. The van der Waals surface area contributed by atoms with Crippen LogP contribution in [-0.2, 0) is 9.59 Å². The van der Waals surface area contributed by atoms with Gasteiger partial charge in [0.25, 0.3) is 0 Å². The van der Waals surface area contributed by atoms with Crippen LogP contribution in [-0.4, -0.2) is 29.6 Å². The highest BCUT2D eigenvalue weighted by atomic mass is 35.5. The first-order valence-electron chi connectivity index (χ1n) is 5.75. The van der Waals surface area contributed by atoms with Crippen LogP contribution < -0.4 is 11.1 Å². The predicted molar refractivity (Wildman–Crippen MR) is 73.7 cm³/mol. The van der Waals surface area contributed by atoms with Crippen molar-refractivity contribution in [2.24, 2.45) is 11.1 Å². The molecule has 0 saturated heterocycles. The minimum atomic E-state index is -1.04. The van der Waals surface area contributed by atoms with E-state index in [0.29, 0.717) is 12.8 Å². The first kappa shape index (κ1) is 19.3. The van der Waals surface area contributed by atoms with Gasteiger partial charge in [-0.05, 0) is 12.8 Å². The van der Waals surface area contributed by atoms with Crippen molar-refractivity contribution in [1.82, 2.24) is 5.32 Å². The van der Waals surface area contributed by atoms with Gasteiger partial charge in [-0.2, -0.15) is 0 Å². The second-order valence-electron chi connectivity index (χ2n) is 4.14. The number of halogens is 1. The molecule has 0 aromatic heterocycles. The summed E-state index contributed by atoms with van der Waals surface area (Å²) in [5.41, 5.74) is 5.06. The second-order valence-corrected chi connectivity index (χ2v) is 4.14. The number of nitrogens with two attached hydrogens (primary N) is 1. The highest BCUT2D eigenvalue weighted by Crippen LogP contribution is 2.37. The zero-order valence-electron chi connectivity index (χ0n) is 11.2. The van der Waals surface area contributed by atoms with Crippen LogP contribution in [0.3, 0.4) is 0 Å². The standard InChI is InChI=1S/C12H22N2O3.ClH/c1-5-12(6-2,8(3)11(16)17)10(7-13)14-9(4)15;/h10H,3,5-7,13H2,1-2,4H3,(H,14,15)(H,16,17);1H. The molecule has 0 radical (unpaired) electrons. The van der Waals surface area contributed by atoms with Crippen LogP contribution in [0.1, 0.15) is 33.6 Å². The van der Waals surface area contributed by atoms with Crippen LogP contribution in [0.2, 0.25) is 0 Å². The van der Waals surface area contributed by atoms with Crippen molar-refractivity contribution >= 4 is 24.3 Å². The molecular weight excluding hydrogens is 256 g/mol. The van der Waals surface area contributed by atoms with Crippen LogP contribution in [0, 0.1) is 5.41 Å². The summed E-state index contributed by atoms with van der Waals surface area (Å²) in [4.78, 5) is 22.3. The Balaban J connectivity index is 0. The van der Waals surface area contributed by atoms with Crippen LogP contribution in [0.15, 0.2) is 12.2 Å². The van der Waals surface area contributed by atoms with Gasteiger partial charge >= 0.3 is 5.97 Å². The van der Waals surface area contributed by atoms with Crippen LogP contribution in [0.25, 0.3) is 0 Å². The van der Waals surface area contributed by atoms with Gasteiger partial charge < -0.3 is 16.2 Å². The minimum Gasteiger partial charge on any atom is -0.478 e. The molecule has 5 nitrogen and oxygen atoms in total. The molecule has 1 amide bonds. The van der Waals surface area contributed by atoms with E-state index in [1.807, 2.05) is 13.8 Å². The summed E-state index contributed by atoms with van der Waals surface area (Å²) in [6.45, 7) is 8.97. The SMILES string of the molecule is C=C(C(=O)O)C(CC)(CC)C(CN)NC(C)=O.Cl. The Kier molecular flexibility index (Phi) is 8.68. The third kappa shape index (κ3) is 3.99. The summed E-state index contributed by atoms with van der Waals surface area (Å²) in [5.74, 6) is -1.26. The van der Waals surface area contributed by atoms with E-state index in [0.717, 1.165) is 0 Å². The Morgan fingerprint density at radius 1 is 1.39 bits per heavy atom. The van der Waals surface area contributed by atoms with Crippen molar-refractivity contribution in [2.45, 2.75) is 39.7 Å². The lowest BCUT2D eigenvalue weighted by Crippen LogP contribution is -2.52. The molecule has 0 bridgehead atoms. The summed E-state index contributed by atoms with van der Waals surface area (Å²) in [7, 11) is 0. The fourth-order valence-electron chi connectivity index (χ4n) is 2.26. The van der Waals surface area contributed by atoms with Gasteiger partial charge in [-0.15, -0.1) is 12.4 Å². The molecular formula is C12H23ClN2O3. The number of amides is 1. The number of carbonyl (C=O) groups excluding carboxylic acids is 1. The van der Waals surface area contributed by atoms with E-state index in [9.17, 15) is 9.59 Å². The average molecular weight is 279 g/mol. The van der Waals surface area contributed by atoms with E-state index in [-0.39, 0.29) is 30.4 Å². The Bertz CT molecular complexity index is 314. The number of rotatable bonds is 7. The number of carboxylic acids is 1. The quantitative estimate of drug-likeness (QED) is 0.612. The second kappa shape index (κ2) is 8.11. The molecule has 0 aromatic carbocycles. The first-order chi connectivity index (χ1) is 7.85. The highest BCUT2D eigenvalue weighted by molar-refractivity contribution is 5.88. The monoisotopic (exact) mass is 278 g/mol. The average Bonchev–Trinajstić information content (AvgIpc) is 2.28. The van der Waals surface area contributed by atoms with Gasteiger partial charge in [0.1, 0.15) is 0 Å². The van der Waals surface area contributed by atoms with E-state index in [2.05, 4.69) is 11.9 Å². The van der Waals surface area contributed by atoms with E-state index < -0.39 is 17.4 Å². The van der Waals surface area contributed by atoms with Gasteiger partial charge in [-0.1, -0.05) is 20.4 Å². The van der Waals surface area contributed by atoms with Gasteiger partial charge in [-0.3, -0.25) is 4.79 Å². The topological polar surface area (TPSA) is 92.4 Å². The fraction of sp³-hybridized carbons (Fsp3) is 0.667. The number of hydrogen-bond acceptors (Lipinski definition) is 3. The fourth-order valence-corrected chi connectivity index (χ4v) is 2.26. The summed E-state index contributed by atoms with van der Waals surface area (Å²) in [5, 5.41) is 11.8. The minimum absolute atomic E-state index is 0. The number of nitrogens with one attached hydrogen (secondary N) is 1. The van der Waals surface area contributed by atoms with E-state index in [1.54, 1.807) is 0 Å². The van der Waals surface area contributed by atoms with Gasteiger partial charge in [-0.25, -0.2) is 4.79 Å². The summed E-state index contributed by atoms with van der Waals surface area (Å²) in [6, 6.07) is -0.404. The summed E-state index contributed by atoms with van der Waals surface area (Å²) < 4.78 is 0. The summed E-state index contributed by atoms with van der Waals surface area (Å²) in [6.07, 6.45) is 1.13. The number of carbonyl (C=O) groups is 2. The molecule has 4 N–H and O–H groups in total. The van der Waals surface area contributed by atoms with Crippen molar-refractivity contribution in [3.05, 3.63) is 12.2 Å². The third-order valence-corrected chi connectivity index (χ3v) is 3.40. The Morgan fingerprint density at radius 2 is 1.83 bits per heavy atom. The molecule has 0 saturated carbocycles. The van der Waals surface area contributed by atoms with Crippen molar-refractivity contribution in [3.63, 3.8) is 0 Å². The molecule has 0 aliphatic heterocycles. The van der Waals surface area contributed by atoms with E-state index in [1.165, 1.54) is 6.92 Å². The van der Waals surface area contributed by atoms with Crippen LogP contribution in [0.4, 0.5) is 0 Å². The number of aliphatic carboxylic acids is 1. The molecule has 0 fully saturated rings. The molecule has 0 rings (SSSR count). The lowest BCUT2D eigenvalue weighted by Gasteiger charge is -2.39. The molecule has 0 aliphatic carbocycles. The predicted octanol–water partition coefficient (Wildman–Crippen LogP) is 1.32. The summed E-state index contributed by atoms with van der Waals surface area (Å²) >= 11 is 0. The molecule has 0 aromatic rings. The van der Waals surface area contributed by atoms with Crippen LogP contribution >= 0.6 is 12.4 Å². The lowest BCUT2D eigenvalue weighted by atomic mass is 9.70. The molecule has 0 heterocycles. The maximum atomic E-state index is 11.1. The smallest absolute Gasteiger partial charge is 0.331 e. The number of hydrogen-bond donors (Lipinski definition) is 3. The van der Waals surface area contributed by atoms with Gasteiger partial charge in [0.2, 0.25) is 5.91 Å². The highest BCUT2D eigenvalue weighted by Gasteiger charge is 2.40. The van der Waals surface area contributed by atoms with Crippen molar-refractivity contribution < 1.29 is 14.7 Å². The molecule has 106 valence electrons. The molecule has 0 aliphatic rings. The normalized spacial score (nSPS) is 12.2. The number of carboxylic acid groups (broad SMARTS) is 1. The zero-order chi connectivity index (χ0) is 13.6. The van der Waals surface area contributed by atoms with E-state index >= 15 is 0 Å². The largest absolute Gasteiger partial charge is 0.478 e. The third-order valence-electron chi connectivity index (χ3n) is 3.40. The Hall–Kier alpha value is -1.07. The van der Waals surface area contributed by atoms with Gasteiger partial charge in [0, 0.05) is 24.5 Å². The van der Waals surface area contributed by atoms with Crippen LogP contribution in [0.5, 0.6) is 0 Å². The van der Waals surface area contributed by atoms with Gasteiger partial charge in [0.05, 0.1) is 6.04 Å². The lowest BCUT2D eigenvalue weighted by molar-refractivity contribution is -0.134. The first-order valence-corrected chi connectivity index (χ1v) is 5.75. The Labute approximate surface area is 114 Å². The maximum Gasteiger partial charge on any atom is 0.331 e. The van der Waals surface area contributed by atoms with Crippen molar-refractivity contribution in [3.8, 4) is 0 Å². The van der Waals surface area contributed by atoms with Crippen molar-refractivity contribution in [2.75, 3.05) is 6.54 Å². The van der Waals surface area contributed by atoms with Crippen molar-refractivity contribution in [1.29, 1.82) is 0 Å². The molecule has 1 atom stereocenters. The molecule has 6 heteroatoms.